The van der Waals surface area contributed by atoms with Crippen LogP contribution in [0.3, 0.4) is 0 Å². The van der Waals surface area contributed by atoms with E-state index in [0.717, 1.165) is 34.2 Å². The Balaban J connectivity index is 0.00000300. The van der Waals surface area contributed by atoms with Gasteiger partial charge in [0.25, 0.3) is 0 Å². The molecule has 1 heterocycles. The second kappa shape index (κ2) is 9.78. The summed E-state index contributed by atoms with van der Waals surface area (Å²) in [6, 6.07) is 18.5. The maximum Gasteiger partial charge on any atom is 0.0849 e. The third-order valence-corrected chi connectivity index (χ3v) is 4.93. The molecule has 0 unspecified atom stereocenters. The Morgan fingerprint density at radius 1 is 0.586 bits per heavy atom. The third-order valence-electron chi connectivity index (χ3n) is 4.93. The molecule has 0 spiro atoms. The molecular weight excluding hydrogens is 398 g/mol. The van der Waals surface area contributed by atoms with E-state index in [9.17, 15) is 0 Å². The van der Waals surface area contributed by atoms with Crippen LogP contribution in [0.1, 0.15) is 47.5 Å². The van der Waals surface area contributed by atoms with Crippen LogP contribution in [0.5, 0.6) is 0 Å². The van der Waals surface area contributed by atoms with Crippen molar-refractivity contribution in [3.63, 3.8) is 0 Å². The van der Waals surface area contributed by atoms with E-state index in [4.69, 9.17) is 15.0 Å². The fourth-order valence-electron chi connectivity index (χ4n) is 3.25. The molecule has 0 radical (unpaired) electrons. The standard InChI is InChI=1S/C25H27N3.Fe/c1-16-10-7-11-17(2)24(16)26-20(5)22-14-9-15-23(28-22)21(6)27-25-18(3)12-8-13-19(25)4;/h7-15H,1-6H3;. The molecule has 0 saturated heterocycles. The Hall–Kier alpha value is -2.55. The molecule has 0 N–H and O–H groups in total. The van der Waals surface area contributed by atoms with Gasteiger partial charge in [0.15, 0.2) is 0 Å². The monoisotopic (exact) mass is 425 g/mol. The molecule has 0 atom stereocenters. The molecule has 29 heavy (non-hydrogen) atoms. The van der Waals surface area contributed by atoms with E-state index in [0.29, 0.717) is 0 Å². The van der Waals surface area contributed by atoms with Crippen molar-refractivity contribution in [1.82, 2.24) is 4.98 Å². The Kier molecular flexibility index (Phi) is 7.66. The molecule has 3 nitrogen and oxygen atoms in total. The smallest absolute Gasteiger partial charge is 0.0849 e. The summed E-state index contributed by atoms with van der Waals surface area (Å²) < 4.78 is 0. The minimum absolute atomic E-state index is 0. The van der Waals surface area contributed by atoms with E-state index in [2.05, 4.69) is 64.1 Å². The predicted octanol–water partition coefficient (Wildman–Crippen LogP) is 6.59. The van der Waals surface area contributed by atoms with Gasteiger partial charge in [-0.2, -0.15) is 0 Å². The number of nitrogens with zero attached hydrogens (tertiary/aromatic N) is 3. The number of para-hydroxylation sites is 2. The van der Waals surface area contributed by atoms with Crippen LogP contribution in [0.25, 0.3) is 0 Å². The Bertz CT molecular complexity index is 958. The van der Waals surface area contributed by atoms with Crippen molar-refractivity contribution in [2.75, 3.05) is 0 Å². The molecule has 3 rings (SSSR count). The van der Waals surface area contributed by atoms with Gasteiger partial charge >= 0.3 is 0 Å². The van der Waals surface area contributed by atoms with Gasteiger partial charge in [-0.05, 0) is 75.9 Å². The Morgan fingerprint density at radius 2 is 0.897 bits per heavy atom. The predicted molar refractivity (Wildman–Crippen MR) is 120 cm³/mol. The summed E-state index contributed by atoms with van der Waals surface area (Å²) >= 11 is 0. The zero-order valence-electron chi connectivity index (χ0n) is 17.9. The maximum absolute atomic E-state index is 4.86. The largest absolute Gasteiger partial charge is 0.251 e. The molecular formula is C25H27FeN3. The minimum atomic E-state index is 0. The van der Waals surface area contributed by atoms with E-state index in [1.165, 1.54) is 22.3 Å². The second-order valence-corrected chi connectivity index (χ2v) is 7.28. The van der Waals surface area contributed by atoms with Gasteiger partial charge in [0.1, 0.15) is 0 Å². The summed E-state index contributed by atoms with van der Waals surface area (Å²) in [6.07, 6.45) is 0. The molecule has 4 heteroatoms. The van der Waals surface area contributed by atoms with Crippen LogP contribution in [0.4, 0.5) is 11.4 Å². The van der Waals surface area contributed by atoms with E-state index in [-0.39, 0.29) is 17.1 Å². The maximum atomic E-state index is 4.86. The van der Waals surface area contributed by atoms with Gasteiger partial charge in [-0.1, -0.05) is 42.5 Å². The zero-order valence-corrected chi connectivity index (χ0v) is 19.0. The van der Waals surface area contributed by atoms with Crippen molar-refractivity contribution in [3.8, 4) is 0 Å². The molecule has 0 bridgehead atoms. The first kappa shape index (κ1) is 22.7. The normalized spacial score (nSPS) is 11.9. The van der Waals surface area contributed by atoms with Crippen molar-refractivity contribution >= 4 is 22.8 Å². The molecule has 0 fully saturated rings. The molecule has 0 aliphatic heterocycles. The van der Waals surface area contributed by atoms with Crippen LogP contribution in [-0.4, -0.2) is 16.4 Å². The molecule has 0 saturated carbocycles. The quantitative estimate of drug-likeness (QED) is 0.343. The molecule has 0 amide bonds. The van der Waals surface area contributed by atoms with Gasteiger partial charge in [0, 0.05) is 17.1 Å². The van der Waals surface area contributed by atoms with Crippen LogP contribution in [-0.2, 0) is 17.1 Å². The average molecular weight is 425 g/mol. The van der Waals surface area contributed by atoms with E-state index in [1.807, 2.05) is 32.0 Å². The van der Waals surface area contributed by atoms with Crippen LogP contribution >= 0.6 is 0 Å². The zero-order chi connectivity index (χ0) is 20.3. The van der Waals surface area contributed by atoms with Gasteiger partial charge in [-0.15, -0.1) is 0 Å². The van der Waals surface area contributed by atoms with Gasteiger partial charge < -0.3 is 0 Å². The molecule has 0 aliphatic rings. The molecule has 2 aromatic carbocycles. The number of rotatable bonds is 4. The Morgan fingerprint density at radius 3 is 1.24 bits per heavy atom. The van der Waals surface area contributed by atoms with Gasteiger partial charge in [-0.3, -0.25) is 9.98 Å². The second-order valence-electron chi connectivity index (χ2n) is 7.28. The number of benzene rings is 2. The summed E-state index contributed by atoms with van der Waals surface area (Å²) in [5.41, 5.74) is 10.3. The topological polar surface area (TPSA) is 37.6 Å². The summed E-state index contributed by atoms with van der Waals surface area (Å²) in [5, 5.41) is 0. The van der Waals surface area contributed by atoms with Crippen molar-refractivity contribution in [2.45, 2.75) is 41.5 Å². The summed E-state index contributed by atoms with van der Waals surface area (Å²) in [6.45, 7) is 12.4. The van der Waals surface area contributed by atoms with Gasteiger partial charge in [0.2, 0.25) is 0 Å². The first-order valence-corrected chi connectivity index (χ1v) is 9.57. The van der Waals surface area contributed by atoms with Crippen molar-refractivity contribution in [3.05, 3.63) is 88.2 Å². The van der Waals surface area contributed by atoms with Crippen LogP contribution < -0.4 is 0 Å². The molecule has 1 aromatic heterocycles. The summed E-state index contributed by atoms with van der Waals surface area (Å²) in [5.74, 6) is 0. The number of aliphatic imine (C=N–C) groups is 2. The Labute approximate surface area is 184 Å². The third kappa shape index (κ3) is 5.29. The van der Waals surface area contributed by atoms with Gasteiger partial charge in [0.05, 0.1) is 34.2 Å². The SMILES string of the molecule is CC(=Nc1c(C)cccc1C)c1cccc(C(C)=Nc2c(C)cccc2C)n1.[Fe]. The fourth-order valence-corrected chi connectivity index (χ4v) is 3.25. The van der Waals surface area contributed by atoms with Crippen molar-refractivity contribution < 1.29 is 17.1 Å². The number of hydrogen-bond acceptors (Lipinski definition) is 3. The van der Waals surface area contributed by atoms with Crippen molar-refractivity contribution in [2.24, 2.45) is 9.98 Å². The summed E-state index contributed by atoms with van der Waals surface area (Å²) in [7, 11) is 0. The number of aromatic nitrogens is 1. The van der Waals surface area contributed by atoms with Crippen LogP contribution in [0.15, 0.2) is 64.6 Å². The average Bonchev–Trinajstić information content (AvgIpc) is 2.67. The molecule has 150 valence electrons. The first-order chi connectivity index (χ1) is 13.4. The van der Waals surface area contributed by atoms with Crippen molar-refractivity contribution in [1.29, 1.82) is 0 Å². The van der Waals surface area contributed by atoms with E-state index < -0.39 is 0 Å². The van der Waals surface area contributed by atoms with Crippen LogP contribution in [0.2, 0.25) is 0 Å². The number of pyridine rings is 1. The van der Waals surface area contributed by atoms with E-state index >= 15 is 0 Å². The van der Waals surface area contributed by atoms with Gasteiger partial charge in [-0.25, -0.2) is 4.98 Å². The number of aryl methyl sites for hydroxylation is 4. The molecule has 3 aromatic rings. The molecule has 0 aliphatic carbocycles. The van der Waals surface area contributed by atoms with E-state index in [1.54, 1.807) is 0 Å². The fraction of sp³-hybridized carbons (Fsp3) is 0.240. The number of hydrogen-bond donors (Lipinski definition) is 0. The van der Waals surface area contributed by atoms with Crippen LogP contribution in [0, 0.1) is 27.7 Å². The minimum Gasteiger partial charge on any atom is -0.251 e. The summed E-state index contributed by atoms with van der Waals surface area (Å²) in [4.78, 5) is 14.5. The first-order valence-electron chi connectivity index (χ1n) is 9.57.